The second-order valence-corrected chi connectivity index (χ2v) is 4.33. The first-order chi connectivity index (χ1) is 9.65. The van der Waals surface area contributed by atoms with Gasteiger partial charge in [-0.1, -0.05) is 6.07 Å². The van der Waals surface area contributed by atoms with Crippen molar-refractivity contribution in [3.05, 3.63) is 47.8 Å². The van der Waals surface area contributed by atoms with E-state index in [0.717, 1.165) is 0 Å². The summed E-state index contributed by atoms with van der Waals surface area (Å²) in [7, 11) is 0. The molecule has 1 aliphatic heterocycles. The Kier molecular flexibility index (Phi) is 2.90. The molecule has 1 aliphatic rings. The van der Waals surface area contributed by atoms with Crippen LogP contribution in [0.15, 0.2) is 36.7 Å². The summed E-state index contributed by atoms with van der Waals surface area (Å²) in [6, 6.07) is 6.23. The minimum Gasteiger partial charge on any atom is -0.506 e. The number of pyridine rings is 1. The van der Waals surface area contributed by atoms with Crippen molar-refractivity contribution in [2.45, 2.75) is 6.10 Å². The van der Waals surface area contributed by atoms with Gasteiger partial charge in [0.1, 0.15) is 17.9 Å². The number of aromatic carboxylic acids is 1. The zero-order valence-electron chi connectivity index (χ0n) is 10.3. The van der Waals surface area contributed by atoms with Crippen LogP contribution in [-0.4, -0.2) is 27.8 Å². The van der Waals surface area contributed by atoms with E-state index in [1.165, 1.54) is 18.3 Å². The number of aromatic nitrogens is 1. The Hall–Kier alpha value is -2.76. The second-order valence-electron chi connectivity index (χ2n) is 4.33. The Labute approximate surface area is 114 Å². The van der Waals surface area contributed by atoms with E-state index in [-0.39, 0.29) is 23.7 Å². The lowest BCUT2D eigenvalue weighted by Crippen LogP contribution is -2.23. The van der Waals surface area contributed by atoms with Crippen LogP contribution in [0.2, 0.25) is 0 Å². The van der Waals surface area contributed by atoms with Crippen molar-refractivity contribution in [2.24, 2.45) is 0 Å². The van der Waals surface area contributed by atoms with Crippen molar-refractivity contribution in [3.63, 3.8) is 0 Å². The van der Waals surface area contributed by atoms with Crippen molar-refractivity contribution in [1.29, 1.82) is 0 Å². The van der Waals surface area contributed by atoms with E-state index in [1.807, 2.05) is 0 Å². The first-order valence-electron chi connectivity index (χ1n) is 5.95. The van der Waals surface area contributed by atoms with Gasteiger partial charge in [0, 0.05) is 11.8 Å². The molecular weight excluding hydrogens is 262 g/mol. The van der Waals surface area contributed by atoms with E-state index < -0.39 is 12.1 Å². The van der Waals surface area contributed by atoms with E-state index in [9.17, 15) is 9.90 Å². The fourth-order valence-corrected chi connectivity index (χ4v) is 2.06. The molecule has 2 aromatic rings. The standard InChI is InChI=1S/C14H11NO5/c16-9-4-8(5-15-6-9)12-7-19-13-10(14(17)18)2-1-3-11(13)20-12/h1-6,12,16H,7H2,(H,17,18). The summed E-state index contributed by atoms with van der Waals surface area (Å²) in [6.07, 6.45) is 2.45. The molecule has 6 heteroatoms. The van der Waals surface area contributed by atoms with E-state index in [1.54, 1.807) is 18.3 Å². The predicted molar refractivity (Wildman–Crippen MR) is 68.2 cm³/mol. The minimum absolute atomic E-state index is 0.0381. The third kappa shape index (κ3) is 2.11. The van der Waals surface area contributed by atoms with Gasteiger partial charge in [0.25, 0.3) is 0 Å². The number of carboxylic acid groups (broad SMARTS) is 1. The van der Waals surface area contributed by atoms with Crippen molar-refractivity contribution >= 4 is 5.97 Å². The molecule has 1 aromatic carbocycles. The highest BCUT2D eigenvalue weighted by Crippen LogP contribution is 2.39. The summed E-state index contributed by atoms with van der Waals surface area (Å²) in [6.45, 7) is 0.155. The van der Waals surface area contributed by atoms with E-state index in [0.29, 0.717) is 11.3 Å². The van der Waals surface area contributed by atoms with Gasteiger partial charge in [-0.05, 0) is 18.2 Å². The molecule has 3 rings (SSSR count). The van der Waals surface area contributed by atoms with Gasteiger partial charge in [-0.25, -0.2) is 4.79 Å². The van der Waals surface area contributed by atoms with Gasteiger partial charge in [0.15, 0.2) is 17.6 Å². The number of rotatable bonds is 2. The Morgan fingerprint density at radius 3 is 2.95 bits per heavy atom. The van der Waals surface area contributed by atoms with Gasteiger partial charge in [0.05, 0.1) is 6.20 Å². The van der Waals surface area contributed by atoms with Gasteiger partial charge in [-0.2, -0.15) is 0 Å². The first-order valence-corrected chi connectivity index (χ1v) is 5.95. The maximum Gasteiger partial charge on any atom is 0.339 e. The molecule has 6 nitrogen and oxygen atoms in total. The lowest BCUT2D eigenvalue weighted by Gasteiger charge is -2.27. The summed E-state index contributed by atoms with van der Waals surface area (Å²) < 4.78 is 11.2. The number of nitrogens with zero attached hydrogens (tertiary/aromatic N) is 1. The van der Waals surface area contributed by atoms with Gasteiger partial charge in [-0.3, -0.25) is 4.98 Å². The third-order valence-electron chi connectivity index (χ3n) is 2.97. The summed E-state index contributed by atoms with van der Waals surface area (Å²) >= 11 is 0. The maximum atomic E-state index is 11.1. The molecule has 1 unspecified atom stereocenters. The highest BCUT2D eigenvalue weighted by Gasteiger charge is 2.26. The normalized spacial score (nSPS) is 16.7. The highest BCUT2D eigenvalue weighted by molar-refractivity contribution is 5.92. The Morgan fingerprint density at radius 2 is 2.20 bits per heavy atom. The van der Waals surface area contributed by atoms with Crippen LogP contribution >= 0.6 is 0 Å². The first kappa shape index (κ1) is 12.3. The summed E-state index contributed by atoms with van der Waals surface area (Å²) in [5.74, 6) is -0.437. The van der Waals surface area contributed by atoms with Crippen LogP contribution in [0.5, 0.6) is 17.2 Å². The number of benzene rings is 1. The second kappa shape index (κ2) is 4.73. The summed E-state index contributed by atoms with van der Waals surface area (Å²) in [4.78, 5) is 15.0. The summed E-state index contributed by atoms with van der Waals surface area (Å²) in [5, 5.41) is 18.5. The lowest BCUT2D eigenvalue weighted by atomic mass is 10.1. The predicted octanol–water partition coefficient (Wildman–Crippen LogP) is 2.00. The molecule has 102 valence electrons. The Balaban J connectivity index is 1.93. The zero-order chi connectivity index (χ0) is 14.1. The molecule has 1 aromatic heterocycles. The number of ether oxygens (including phenoxy) is 2. The average Bonchev–Trinajstić information content (AvgIpc) is 2.46. The minimum atomic E-state index is -1.07. The number of carbonyl (C=O) groups is 1. The van der Waals surface area contributed by atoms with Crippen LogP contribution in [0, 0.1) is 0 Å². The number of fused-ring (bicyclic) bond motifs is 1. The fraction of sp³-hybridized carbons (Fsp3) is 0.143. The molecule has 2 heterocycles. The number of para-hydroxylation sites is 1. The molecule has 0 spiro atoms. The van der Waals surface area contributed by atoms with Crippen molar-refractivity contribution in [1.82, 2.24) is 4.98 Å². The fourth-order valence-electron chi connectivity index (χ4n) is 2.06. The molecule has 1 atom stereocenters. The van der Waals surface area contributed by atoms with E-state index in [2.05, 4.69) is 4.98 Å². The monoisotopic (exact) mass is 273 g/mol. The molecule has 0 saturated heterocycles. The summed E-state index contributed by atoms with van der Waals surface area (Å²) in [5.41, 5.74) is 0.728. The molecule has 0 saturated carbocycles. The van der Waals surface area contributed by atoms with Crippen molar-refractivity contribution in [3.8, 4) is 17.2 Å². The van der Waals surface area contributed by atoms with Crippen LogP contribution in [0.1, 0.15) is 22.0 Å². The van der Waals surface area contributed by atoms with Gasteiger partial charge < -0.3 is 19.7 Å². The number of hydrogen-bond donors (Lipinski definition) is 2. The average molecular weight is 273 g/mol. The van der Waals surface area contributed by atoms with Crippen LogP contribution in [-0.2, 0) is 0 Å². The van der Waals surface area contributed by atoms with Crippen molar-refractivity contribution < 1.29 is 24.5 Å². The van der Waals surface area contributed by atoms with Crippen LogP contribution in [0.4, 0.5) is 0 Å². The number of carboxylic acids is 1. The molecule has 0 aliphatic carbocycles. The molecule has 0 fully saturated rings. The molecule has 0 amide bonds. The Bertz CT molecular complexity index is 670. The molecular formula is C14H11NO5. The SMILES string of the molecule is O=C(O)c1cccc2c1OCC(c1cncc(O)c1)O2. The van der Waals surface area contributed by atoms with Gasteiger partial charge >= 0.3 is 5.97 Å². The zero-order valence-corrected chi connectivity index (χ0v) is 10.3. The van der Waals surface area contributed by atoms with Crippen LogP contribution < -0.4 is 9.47 Å². The maximum absolute atomic E-state index is 11.1. The van der Waals surface area contributed by atoms with Crippen LogP contribution in [0.3, 0.4) is 0 Å². The highest BCUT2D eigenvalue weighted by atomic mass is 16.6. The van der Waals surface area contributed by atoms with E-state index >= 15 is 0 Å². The largest absolute Gasteiger partial charge is 0.506 e. The third-order valence-corrected chi connectivity index (χ3v) is 2.97. The van der Waals surface area contributed by atoms with Gasteiger partial charge in [0.2, 0.25) is 0 Å². The number of aromatic hydroxyl groups is 1. The smallest absolute Gasteiger partial charge is 0.339 e. The van der Waals surface area contributed by atoms with E-state index in [4.69, 9.17) is 14.6 Å². The van der Waals surface area contributed by atoms with Crippen LogP contribution in [0.25, 0.3) is 0 Å². The topological polar surface area (TPSA) is 88.9 Å². The molecule has 2 N–H and O–H groups in total. The Morgan fingerprint density at radius 1 is 1.35 bits per heavy atom. The lowest BCUT2D eigenvalue weighted by molar-refractivity contribution is 0.0659. The van der Waals surface area contributed by atoms with Gasteiger partial charge in [-0.15, -0.1) is 0 Å². The molecule has 0 bridgehead atoms. The molecule has 0 radical (unpaired) electrons. The number of hydrogen-bond acceptors (Lipinski definition) is 5. The van der Waals surface area contributed by atoms with Crippen molar-refractivity contribution in [2.75, 3.05) is 6.61 Å². The molecule has 20 heavy (non-hydrogen) atoms. The quantitative estimate of drug-likeness (QED) is 0.870.